The largest absolute Gasteiger partial charge is 0.484 e. The summed E-state index contributed by atoms with van der Waals surface area (Å²) in [5, 5.41) is 5.00. The van der Waals surface area contributed by atoms with Gasteiger partial charge in [0.25, 0.3) is 11.8 Å². The SMILES string of the molecule is O=C(COc1ccc(Cl)cc1)NNC(=S)NC(=O)COc1ccc2ccccc2c1. The number of rotatable bonds is 6. The van der Waals surface area contributed by atoms with E-state index in [0.717, 1.165) is 10.8 Å². The predicted octanol–water partition coefficient (Wildman–Crippen LogP) is 2.97. The third-order valence-corrected chi connectivity index (χ3v) is 4.30. The first-order valence-corrected chi connectivity index (χ1v) is 9.67. The molecule has 0 bridgehead atoms. The molecule has 3 aromatic carbocycles. The summed E-state index contributed by atoms with van der Waals surface area (Å²) in [5.74, 6) is 0.118. The first-order chi connectivity index (χ1) is 14.5. The normalized spacial score (nSPS) is 10.2. The molecule has 0 radical (unpaired) electrons. The molecule has 3 aromatic rings. The Morgan fingerprint density at radius 3 is 2.20 bits per heavy atom. The van der Waals surface area contributed by atoms with Crippen LogP contribution in [-0.2, 0) is 9.59 Å². The van der Waals surface area contributed by atoms with Crippen molar-refractivity contribution in [1.29, 1.82) is 0 Å². The number of thiocarbonyl (C=S) groups is 1. The summed E-state index contributed by atoms with van der Waals surface area (Å²) in [6, 6.07) is 20.0. The zero-order valence-electron chi connectivity index (χ0n) is 15.7. The molecule has 0 saturated carbocycles. The molecule has 0 atom stereocenters. The average Bonchev–Trinajstić information content (AvgIpc) is 2.75. The van der Waals surface area contributed by atoms with Gasteiger partial charge >= 0.3 is 0 Å². The van der Waals surface area contributed by atoms with Crippen LogP contribution in [0.15, 0.2) is 66.7 Å². The highest BCUT2D eigenvalue weighted by molar-refractivity contribution is 7.80. The van der Waals surface area contributed by atoms with E-state index in [9.17, 15) is 9.59 Å². The monoisotopic (exact) mass is 443 g/mol. The number of hydrogen-bond donors (Lipinski definition) is 3. The number of halogens is 1. The molecule has 0 unspecified atom stereocenters. The Balaban J connectivity index is 1.35. The fraction of sp³-hybridized carbons (Fsp3) is 0.0952. The topological polar surface area (TPSA) is 88.7 Å². The molecule has 7 nitrogen and oxygen atoms in total. The molecule has 0 aliphatic carbocycles. The molecule has 30 heavy (non-hydrogen) atoms. The second kappa shape index (κ2) is 10.4. The van der Waals surface area contributed by atoms with E-state index in [2.05, 4.69) is 16.2 Å². The minimum absolute atomic E-state index is 0.0676. The third kappa shape index (κ3) is 6.61. The van der Waals surface area contributed by atoms with Crippen molar-refractivity contribution in [2.75, 3.05) is 13.2 Å². The van der Waals surface area contributed by atoms with E-state index < -0.39 is 11.8 Å². The number of benzene rings is 3. The molecule has 0 aliphatic heterocycles. The van der Waals surface area contributed by atoms with Gasteiger partial charge in [0.15, 0.2) is 18.3 Å². The summed E-state index contributed by atoms with van der Waals surface area (Å²) in [4.78, 5) is 23.7. The highest BCUT2D eigenvalue weighted by Crippen LogP contribution is 2.20. The maximum absolute atomic E-state index is 12.0. The smallest absolute Gasteiger partial charge is 0.276 e. The van der Waals surface area contributed by atoms with Gasteiger partial charge in [-0.2, -0.15) is 0 Å². The molecular formula is C21H18ClN3O4S. The lowest BCUT2D eigenvalue weighted by molar-refractivity contribution is -0.124. The summed E-state index contributed by atoms with van der Waals surface area (Å²) < 4.78 is 10.8. The molecule has 3 rings (SSSR count). The molecule has 9 heteroatoms. The van der Waals surface area contributed by atoms with Crippen LogP contribution in [0.25, 0.3) is 10.8 Å². The highest BCUT2D eigenvalue weighted by atomic mass is 35.5. The molecule has 3 N–H and O–H groups in total. The van der Waals surface area contributed by atoms with E-state index in [-0.39, 0.29) is 18.3 Å². The van der Waals surface area contributed by atoms with E-state index in [0.29, 0.717) is 16.5 Å². The van der Waals surface area contributed by atoms with Crippen LogP contribution in [0.1, 0.15) is 0 Å². The molecule has 0 saturated heterocycles. The fourth-order valence-electron chi connectivity index (χ4n) is 2.44. The van der Waals surface area contributed by atoms with Crippen molar-refractivity contribution in [2.24, 2.45) is 0 Å². The van der Waals surface area contributed by atoms with Crippen LogP contribution in [0.3, 0.4) is 0 Å². The quantitative estimate of drug-likeness (QED) is 0.401. The number of amides is 2. The highest BCUT2D eigenvalue weighted by Gasteiger charge is 2.08. The average molecular weight is 444 g/mol. The van der Waals surface area contributed by atoms with Crippen LogP contribution in [0.4, 0.5) is 0 Å². The van der Waals surface area contributed by atoms with Crippen molar-refractivity contribution in [3.63, 3.8) is 0 Å². The number of carbonyl (C=O) groups excluding carboxylic acids is 2. The second-order valence-corrected chi connectivity index (χ2v) is 6.94. The molecule has 0 aliphatic rings. The molecule has 0 aromatic heterocycles. The molecular weight excluding hydrogens is 426 g/mol. The van der Waals surface area contributed by atoms with Gasteiger partial charge in [0, 0.05) is 5.02 Å². The molecule has 0 spiro atoms. The minimum atomic E-state index is -0.478. The Labute approximate surface area is 183 Å². The maximum atomic E-state index is 12.0. The Bertz CT molecular complexity index is 1060. The Hall–Kier alpha value is -3.36. The summed E-state index contributed by atoms with van der Waals surface area (Å²) in [7, 11) is 0. The van der Waals surface area contributed by atoms with Crippen LogP contribution < -0.4 is 25.6 Å². The van der Waals surface area contributed by atoms with Crippen LogP contribution >= 0.6 is 23.8 Å². The number of fused-ring (bicyclic) bond motifs is 1. The zero-order chi connectivity index (χ0) is 21.3. The van der Waals surface area contributed by atoms with Crippen molar-refractivity contribution in [2.45, 2.75) is 0 Å². The minimum Gasteiger partial charge on any atom is -0.484 e. The van der Waals surface area contributed by atoms with Crippen LogP contribution in [0.5, 0.6) is 11.5 Å². The maximum Gasteiger partial charge on any atom is 0.276 e. The van der Waals surface area contributed by atoms with E-state index >= 15 is 0 Å². The number of nitrogens with one attached hydrogen (secondary N) is 3. The number of hydrogen-bond acceptors (Lipinski definition) is 5. The van der Waals surface area contributed by atoms with E-state index in [1.165, 1.54) is 0 Å². The zero-order valence-corrected chi connectivity index (χ0v) is 17.3. The van der Waals surface area contributed by atoms with Gasteiger partial charge in [-0.3, -0.25) is 25.8 Å². The summed E-state index contributed by atoms with van der Waals surface area (Å²) >= 11 is 10.7. The fourth-order valence-corrected chi connectivity index (χ4v) is 2.73. The molecule has 154 valence electrons. The van der Waals surface area contributed by atoms with Crippen molar-refractivity contribution >= 4 is 51.5 Å². The Morgan fingerprint density at radius 1 is 0.800 bits per heavy atom. The van der Waals surface area contributed by atoms with Crippen molar-refractivity contribution in [3.05, 3.63) is 71.8 Å². The number of ether oxygens (including phenoxy) is 2. The summed E-state index contributed by atoms with van der Waals surface area (Å²) in [5.41, 5.74) is 4.75. The Morgan fingerprint density at radius 2 is 1.43 bits per heavy atom. The molecule has 0 heterocycles. The van der Waals surface area contributed by atoms with Crippen LogP contribution in [0.2, 0.25) is 5.02 Å². The van der Waals surface area contributed by atoms with Crippen molar-refractivity contribution < 1.29 is 19.1 Å². The van der Waals surface area contributed by atoms with Gasteiger partial charge in [0.1, 0.15) is 11.5 Å². The first kappa shape index (κ1) is 21.4. The van der Waals surface area contributed by atoms with E-state index in [4.69, 9.17) is 33.3 Å². The second-order valence-electron chi connectivity index (χ2n) is 6.09. The third-order valence-electron chi connectivity index (χ3n) is 3.84. The number of hydrazine groups is 1. The van der Waals surface area contributed by atoms with Gasteiger partial charge in [-0.25, -0.2) is 0 Å². The molecule has 2 amide bonds. The van der Waals surface area contributed by atoms with Crippen molar-refractivity contribution in [3.8, 4) is 11.5 Å². The number of carbonyl (C=O) groups is 2. The van der Waals surface area contributed by atoms with E-state index in [1.54, 1.807) is 30.3 Å². The lowest BCUT2D eigenvalue weighted by Gasteiger charge is -2.12. The van der Waals surface area contributed by atoms with Gasteiger partial charge in [-0.05, 0) is 59.4 Å². The Kier molecular flexibility index (Phi) is 7.42. The van der Waals surface area contributed by atoms with Gasteiger partial charge in [0.2, 0.25) is 0 Å². The van der Waals surface area contributed by atoms with Crippen LogP contribution in [0, 0.1) is 0 Å². The lowest BCUT2D eigenvalue weighted by atomic mass is 10.1. The molecule has 0 fully saturated rings. The van der Waals surface area contributed by atoms with Gasteiger partial charge in [-0.15, -0.1) is 0 Å². The standard InChI is InChI=1S/C21H18ClN3O4S/c22-16-6-9-17(10-7-16)28-13-20(27)24-25-21(30)23-19(26)12-29-18-8-5-14-3-1-2-4-15(14)11-18/h1-11H,12-13H2,(H,24,27)(H2,23,25,26,30). The first-order valence-electron chi connectivity index (χ1n) is 8.88. The van der Waals surface area contributed by atoms with Gasteiger partial charge < -0.3 is 9.47 Å². The lowest BCUT2D eigenvalue weighted by Crippen LogP contribution is -2.50. The van der Waals surface area contributed by atoms with Gasteiger partial charge in [0.05, 0.1) is 0 Å². The van der Waals surface area contributed by atoms with Gasteiger partial charge in [-0.1, -0.05) is 41.9 Å². The van der Waals surface area contributed by atoms with E-state index in [1.807, 2.05) is 36.4 Å². The van der Waals surface area contributed by atoms with Crippen LogP contribution in [-0.4, -0.2) is 30.1 Å². The predicted molar refractivity (Wildman–Crippen MR) is 118 cm³/mol. The summed E-state index contributed by atoms with van der Waals surface area (Å²) in [6.07, 6.45) is 0. The summed E-state index contributed by atoms with van der Waals surface area (Å²) in [6.45, 7) is -0.468. The van der Waals surface area contributed by atoms with Crippen molar-refractivity contribution in [1.82, 2.24) is 16.2 Å².